The second-order valence-corrected chi connectivity index (χ2v) is 16.0. The van der Waals surface area contributed by atoms with Gasteiger partial charge in [-0.05, 0) is 84.4 Å². The van der Waals surface area contributed by atoms with Crippen LogP contribution in [0.2, 0.25) is 6.04 Å². The molecular weight excluding hydrogens is 547 g/mol. The molecule has 0 atom stereocenters. The Labute approximate surface area is 231 Å². The van der Waals surface area contributed by atoms with Crippen LogP contribution in [-0.2, 0) is 13.3 Å². The van der Waals surface area contributed by atoms with Crippen molar-refractivity contribution in [3.63, 3.8) is 0 Å². The van der Waals surface area contributed by atoms with E-state index in [2.05, 4.69) is 133 Å². The molecule has 0 amide bonds. The van der Waals surface area contributed by atoms with Gasteiger partial charge in [-0.1, -0.05) is 54.6 Å². The Hall–Kier alpha value is -1.33. The van der Waals surface area contributed by atoms with E-state index in [0.29, 0.717) is 0 Å². The zero-order valence-electron chi connectivity index (χ0n) is 22.6. The minimum Gasteiger partial charge on any atom is -1.00 e. The molecule has 0 saturated heterocycles. The van der Waals surface area contributed by atoms with Gasteiger partial charge in [-0.25, -0.2) is 0 Å². The summed E-state index contributed by atoms with van der Waals surface area (Å²) in [5.41, 5.74) is 0. The van der Waals surface area contributed by atoms with E-state index in [0.717, 1.165) is 18.6 Å². The van der Waals surface area contributed by atoms with Crippen LogP contribution < -0.4 is 32.9 Å². The van der Waals surface area contributed by atoms with Crippen LogP contribution in [0.1, 0.15) is 48.0 Å². The zero-order chi connectivity index (χ0) is 25.3. The fourth-order valence-corrected chi connectivity index (χ4v) is 12.7. The van der Waals surface area contributed by atoms with Gasteiger partial charge in [-0.3, -0.25) is 0 Å². The summed E-state index contributed by atoms with van der Waals surface area (Å²) in [6.45, 7) is 12.4. The number of halogens is 1. The molecule has 0 aliphatic carbocycles. The SMILES string of the molecule is CC(C)O[Si](CCC[P+](c1ccccc1)(c1ccccc1)c1ccccc1)(OC(C)C)OC(C)C.[Br-]. The molecule has 3 aromatic rings. The molecule has 3 rings (SSSR count). The van der Waals surface area contributed by atoms with Crippen LogP contribution in [0, 0.1) is 0 Å². The van der Waals surface area contributed by atoms with Gasteiger partial charge in [0.05, 0.1) is 6.16 Å². The van der Waals surface area contributed by atoms with Crippen LogP contribution in [0.25, 0.3) is 0 Å². The molecule has 6 heteroatoms. The lowest BCUT2D eigenvalue weighted by atomic mass is 10.4. The Balaban J connectivity index is 0.00000456. The summed E-state index contributed by atoms with van der Waals surface area (Å²) in [6, 6.07) is 33.9. The van der Waals surface area contributed by atoms with Gasteiger partial charge in [0.1, 0.15) is 23.2 Å². The minimum atomic E-state index is -2.87. The van der Waals surface area contributed by atoms with Gasteiger partial charge in [0.15, 0.2) is 0 Å². The lowest BCUT2D eigenvalue weighted by molar-refractivity contribution is -0.000339. The van der Waals surface area contributed by atoms with E-state index in [9.17, 15) is 0 Å². The number of hydrogen-bond donors (Lipinski definition) is 0. The lowest BCUT2D eigenvalue weighted by Crippen LogP contribution is -3.00. The van der Waals surface area contributed by atoms with Gasteiger partial charge in [-0.2, -0.15) is 0 Å². The highest BCUT2D eigenvalue weighted by Crippen LogP contribution is 2.56. The molecule has 0 aromatic heterocycles. The number of hydrogen-bond acceptors (Lipinski definition) is 3. The first-order valence-electron chi connectivity index (χ1n) is 12.9. The third kappa shape index (κ3) is 8.08. The van der Waals surface area contributed by atoms with Crippen molar-refractivity contribution in [2.45, 2.75) is 72.3 Å². The van der Waals surface area contributed by atoms with Crippen molar-refractivity contribution in [1.82, 2.24) is 0 Å². The van der Waals surface area contributed by atoms with Gasteiger partial charge < -0.3 is 30.3 Å². The Morgan fingerprint density at radius 1 is 0.556 bits per heavy atom. The fourth-order valence-electron chi connectivity index (χ4n) is 4.75. The van der Waals surface area contributed by atoms with E-state index >= 15 is 0 Å². The van der Waals surface area contributed by atoms with E-state index in [1.807, 2.05) is 0 Å². The molecule has 0 fully saturated rings. The molecule has 0 saturated carbocycles. The summed E-state index contributed by atoms with van der Waals surface area (Å²) in [6.07, 6.45) is 2.15. The highest BCUT2D eigenvalue weighted by Gasteiger charge is 2.48. The maximum Gasteiger partial charge on any atom is 0.501 e. The molecule has 0 aliphatic rings. The molecule has 196 valence electrons. The first kappa shape index (κ1) is 30.9. The Kier molecular flexibility index (Phi) is 12.5. The second-order valence-electron chi connectivity index (χ2n) is 9.83. The molecule has 0 aliphatic heterocycles. The van der Waals surface area contributed by atoms with Crippen molar-refractivity contribution in [3.8, 4) is 0 Å². The van der Waals surface area contributed by atoms with E-state index < -0.39 is 16.1 Å². The van der Waals surface area contributed by atoms with Crippen molar-refractivity contribution in [2.24, 2.45) is 0 Å². The highest BCUT2D eigenvalue weighted by molar-refractivity contribution is 7.95. The van der Waals surface area contributed by atoms with Gasteiger partial charge in [0.25, 0.3) is 0 Å². The monoisotopic (exact) mass is 588 g/mol. The van der Waals surface area contributed by atoms with Crippen molar-refractivity contribution in [3.05, 3.63) is 91.0 Å². The Bertz CT molecular complexity index is 877. The smallest absolute Gasteiger partial charge is 0.501 e. The number of rotatable bonds is 13. The maximum atomic E-state index is 6.50. The summed E-state index contributed by atoms with van der Waals surface area (Å²) < 4.78 is 19.5. The lowest BCUT2D eigenvalue weighted by Gasteiger charge is -2.35. The van der Waals surface area contributed by atoms with Crippen LogP contribution in [0.5, 0.6) is 0 Å². The van der Waals surface area contributed by atoms with Crippen molar-refractivity contribution in [1.29, 1.82) is 0 Å². The summed E-state index contributed by atoms with van der Waals surface area (Å²) in [7, 11) is -4.76. The highest BCUT2D eigenvalue weighted by atomic mass is 79.9. The first-order valence-corrected chi connectivity index (χ1v) is 16.8. The van der Waals surface area contributed by atoms with E-state index in [-0.39, 0.29) is 35.3 Å². The molecule has 0 spiro atoms. The molecule has 36 heavy (non-hydrogen) atoms. The predicted molar refractivity (Wildman–Crippen MR) is 154 cm³/mol. The number of benzene rings is 3. The summed E-state index contributed by atoms with van der Waals surface area (Å²) in [5.74, 6) is 0. The van der Waals surface area contributed by atoms with Crippen LogP contribution >= 0.6 is 7.26 Å². The van der Waals surface area contributed by atoms with Gasteiger partial charge in [0.2, 0.25) is 0 Å². The molecule has 0 heterocycles. The second kappa shape index (κ2) is 14.6. The normalized spacial score (nSPS) is 12.2. The summed E-state index contributed by atoms with van der Waals surface area (Å²) in [5, 5.41) is 4.22. The van der Waals surface area contributed by atoms with Crippen LogP contribution in [0.15, 0.2) is 91.0 Å². The Morgan fingerprint density at radius 3 is 1.14 bits per heavy atom. The van der Waals surface area contributed by atoms with Gasteiger partial charge >= 0.3 is 8.80 Å². The van der Waals surface area contributed by atoms with E-state index in [1.54, 1.807) is 0 Å². The summed E-state index contributed by atoms with van der Waals surface area (Å²) >= 11 is 0. The predicted octanol–water partition coefficient (Wildman–Crippen LogP) is 3.59. The molecule has 3 aromatic carbocycles. The van der Waals surface area contributed by atoms with Gasteiger partial charge in [0, 0.05) is 24.4 Å². The van der Waals surface area contributed by atoms with Crippen LogP contribution in [0.3, 0.4) is 0 Å². The van der Waals surface area contributed by atoms with E-state index in [4.69, 9.17) is 13.3 Å². The maximum absolute atomic E-state index is 6.50. The standard InChI is InChI=1S/C30H42O3PSi.BrH/c1-25(2)31-35(32-26(3)4,33-27(5)6)24-16-23-34(28-17-10-7-11-18-28,29-19-12-8-13-20-29)30-21-14-9-15-22-30;/h7-15,17-22,25-27H,16,23-24H2,1-6H3;1H/q+1;/p-1. The molecule has 0 N–H and O–H groups in total. The van der Waals surface area contributed by atoms with Crippen molar-refractivity contribution >= 4 is 32.0 Å². The zero-order valence-corrected chi connectivity index (χ0v) is 26.0. The summed E-state index contributed by atoms with van der Waals surface area (Å²) in [4.78, 5) is 0. The Morgan fingerprint density at radius 2 is 0.861 bits per heavy atom. The molecule has 3 nitrogen and oxygen atoms in total. The molecular formula is C30H42BrO3PSi. The van der Waals surface area contributed by atoms with E-state index in [1.165, 1.54) is 15.9 Å². The first-order chi connectivity index (χ1) is 16.8. The van der Waals surface area contributed by atoms with Crippen LogP contribution in [0.4, 0.5) is 0 Å². The third-order valence-electron chi connectivity index (χ3n) is 5.81. The molecule has 0 unspecified atom stereocenters. The largest absolute Gasteiger partial charge is 1.00 e. The van der Waals surface area contributed by atoms with Crippen molar-refractivity contribution < 1.29 is 30.3 Å². The average molecular weight is 590 g/mol. The quantitative estimate of drug-likeness (QED) is 0.226. The molecule has 0 radical (unpaired) electrons. The van der Waals surface area contributed by atoms with Gasteiger partial charge in [-0.15, -0.1) is 0 Å². The fraction of sp³-hybridized carbons (Fsp3) is 0.400. The minimum absolute atomic E-state index is 0. The van der Waals surface area contributed by atoms with Crippen molar-refractivity contribution in [2.75, 3.05) is 6.16 Å². The van der Waals surface area contributed by atoms with Crippen LogP contribution in [-0.4, -0.2) is 33.3 Å². The molecule has 0 bridgehead atoms. The average Bonchev–Trinajstić information content (AvgIpc) is 2.82. The third-order valence-corrected chi connectivity index (χ3v) is 13.8. The topological polar surface area (TPSA) is 27.7 Å².